The maximum atomic E-state index is 12.1. The van der Waals surface area contributed by atoms with Gasteiger partial charge in [0.05, 0.1) is 0 Å². The Morgan fingerprint density at radius 3 is 2.38 bits per heavy atom. The Balaban J connectivity index is 1.77. The second kappa shape index (κ2) is 8.22. The van der Waals surface area contributed by atoms with Gasteiger partial charge in [-0.2, -0.15) is 0 Å². The molecule has 34 heavy (non-hydrogen) atoms. The van der Waals surface area contributed by atoms with Gasteiger partial charge in [0.25, 0.3) is 0 Å². The number of benzene rings is 3. The molecule has 4 aromatic rings. The number of carbonyl (C=O) groups excluding carboxylic acids is 2. The van der Waals surface area contributed by atoms with E-state index in [1.54, 1.807) is 42.5 Å². The van der Waals surface area contributed by atoms with Crippen molar-refractivity contribution in [2.45, 2.75) is 26.9 Å². The molecule has 1 aliphatic rings. The monoisotopic (exact) mass is 460 g/mol. The lowest BCUT2D eigenvalue weighted by atomic mass is 9.95. The Bertz CT molecular complexity index is 1530. The van der Waals surface area contributed by atoms with Crippen LogP contribution in [0.4, 0.5) is 0 Å². The molecule has 0 aliphatic carbocycles. The fourth-order valence-corrected chi connectivity index (χ4v) is 4.19. The fraction of sp³-hybridized carbons (Fsp3) is 0.192. The van der Waals surface area contributed by atoms with Gasteiger partial charge < -0.3 is 23.4 Å². The number of rotatable bonds is 4. The standard InChI is InChI=1S/C26H20O8/c1-13-10-23(29)34-25-17(13)5-6-19-18(25)7-8-20(26(19)33-15(3)28)24(32-14(2)27)16-4-9-21-22(11-16)31-12-30-21/h4-11,24H,12H2,1-3H3/t24-/m0/s1. The number of ether oxygens (including phenoxy) is 4. The van der Waals surface area contributed by atoms with Crippen LogP contribution < -0.4 is 19.8 Å². The normalized spacial score (nSPS) is 13.1. The van der Waals surface area contributed by atoms with Crippen molar-refractivity contribution in [3.63, 3.8) is 0 Å². The molecule has 8 nitrogen and oxygen atoms in total. The van der Waals surface area contributed by atoms with Crippen molar-refractivity contribution >= 4 is 33.7 Å². The van der Waals surface area contributed by atoms with Crippen molar-refractivity contribution in [3.05, 3.63) is 75.6 Å². The molecule has 0 radical (unpaired) electrons. The molecular weight excluding hydrogens is 440 g/mol. The van der Waals surface area contributed by atoms with Crippen molar-refractivity contribution in [2.75, 3.05) is 6.79 Å². The first-order chi connectivity index (χ1) is 16.3. The second-order valence-corrected chi connectivity index (χ2v) is 7.97. The smallest absolute Gasteiger partial charge is 0.336 e. The summed E-state index contributed by atoms with van der Waals surface area (Å²) in [5, 5.41) is 1.89. The van der Waals surface area contributed by atoms with Crippen LogP contribution in [0.1, 0.15) is 36.6 Å². The number of carbonyl (C=O) groups is 2. The zero-order chi connectivity index (χ0) is 24.0. The van der Waals surface area contributed by atoms with E-state index in [2.05, 4.69) is 0 Å². The van der Waals surface area contributed by atoms with Gasteiger partial charge in [-0.05, 0) is 36.8 Å². The van der Waals surface area contributed by atoms with E-state index in [1.165, 1.54) is 19.9 Å². The molecule has 8 heteroatoms. The summed E-state index contributed by atoms with van der Waals surface area (Å²) in [6.07, 6.45) is -0.897. The molecule has 0 saturated heterocycles. The number of esters is 2. The van der Waals surface area contributed by atoms with Crippen LogP contribution in [0.5, 0.6) is 17.2 Å². The highest BCUT2D eigenvalue weighted by atomic mass is 16.7. The lowest BCUT2D eigenvalue weighted by Gasteiger charge is -2.22. The highest BCUT2D eigenvalue weighted by Crippen LogP contribution is 2.43. The van der Waals surface area contributed by atoms with Gasteiger partial charge in [-0.3, -0.25) is 9.59 Å². The van der Waals surface area contributed by atoms with Gasteiger partial charge in [-0.25, -0.2) is 4.79 Å². The van der Waals surface area contributed by atoms with Crippen LogP contribution in [0.25, 0.3) is 21.7 Å². The number of hydrogen-bond acceptors (Lipinski definition) is 8. The van der Waals surface area contributed by atoms with Crippen LogP contribution in [0.3, 0.4) is 0 Å². The number of aryl methyl sites for hydroxylation is 1. The lowest BCUT2D eigenvalue weighted by molar-refractivity contribution is -0.144. The van der Waals surface area contributed by atoms with Crippen LogP contribution in [-0.2, 0) is 14.3 Å². The summed E-state index contributed by atoms with van der Waals surface area (Å²) in [5.41, 5.74) is 1.73. The maximum Gasteiger partial charge on any atom is 0.336 e. The van der Waals surface area contributed by atoms with Gasteiger partial charge in [-0.1, -0.05) is 18.2 Å². The molecule has 0 spiro atoms. The molecule has 0 bridgehead atoms. The molecule has 1 aromatic heterocycles. The number of fused-ring (bicyclic) bond motifs is 4. The minimum atomic E-state index is -0.897. The molecule has 0 N–H and O–H groups in total. The summed E-state index contributed by atoms with van der Waals surface area (Å²) >= 11 is 0. The summed E-state index contributed by atoms with van der Waals surface area (Å²) in [7, 11) is 0. The zero-order valence-electron chi connectivity index (χ0n) is 18.7. The average Bonchev–Trinajstić information content (AvgIpc) is 3.25. The van der Waals surface area contributed by atoms with Crippen molar-refractivity contribution in [1.29, 1.82) is 0 Å². The van der Waals surface area contributed by atoms with Crippen molar-refractivity contribution in [3.8, 4) is 17.2 Å². The van der Waals surface area contributed by atoms with Gasteiger partial charge in [0.2, 0.25) is 6.79 Å². The predicted octanol–water partition coefficient (Wildman–Crippen LogP) is 4.56. The summed E-state index contributed by atoms with van der Waals surface area (Å²) in [5.74, 6) is 0.247. The van der Waals surface area contributed by atoms with Gasteiger partial charge in [0.15, 0.2) is 17.6 Å². The molecule has 0 amide bonds. The Kier molecular flexibility index (Phi) is 5.20. The molecule has 3 aromatic carbocycles. The molecular formula is C26H20O8. The van der Waals surface area contributed by atoms with Crippen LogP contribution in [0, 0.1) is 6.92 Å². The SMILES string of the molecule is CC(=O)Oc1c([C@@H](OC(C)=O)c2ccc3c(c2)OCO3)ccc2c1ccc1c(C)cc(=O)oc12. The van der Waals surface area contributed by atoms with Crippen LogP contribution in [0.2, 0.25) is 0 Å². The molecule has 1 aliphatic heterocycles. The van der Waals surface area contributed by atoms with Gasteiger partial charge in [0.1, 0.15) is 11.3 Å². The number of hydrogen-bond donors (Lipinski definition) is 0. The molecule has 172 valence electrons. The highest BCUT2D eigenvalue weighted by Gasteiger charge is 2.27. The van der Waals surface area contributed by atoms with Crippen molar-refractivity contribution < 1.29 is 33.0 Å². The third-order valence-corrected chi connectivity index (χ3v) is 5.61. The van der Waals surface area contributed by atoms with E-state index in [-0.39, 0.29) is 12.5 Å². The molecule has 5 rings (SSSR count). The minimum absolute atomic E-state index is 0.101. The second-order valence-electron chi connectivity index (χ2n) is 7.97. The first kappa shape index (κ1) is 21.5. The third-order valence-electron chi connectivity index (χ3n) is 5.61. The van der Waals surface area contributed by atoms with E-state index in [0.717, 1.165) is 10.9 Å². The third kappa shape index (κ3) is 3.73. The van der Waals surface area contributed by atoms with Crippen LogP contribution >= 0.6 is 0 Å². The van der Waals surface area contributed by atoms with E-state index in [9.17, 15) is 14.4 Å². The van der Waals surface area contributed by atoms with E-state index >= 15 is 0 Å². The summed E-state index contributed by atoms with van der Waals surface area (Å²) in [6.45, 7) is 4.51. The van der Waals surface area contributed by atoms with Crippen LogP contribution in [0.15, 0.2) is 57.7 Å². The molecule has 0 unspecified atom stereocenters. The largest absolute Gasteiger partial charge is 0.454 e. The van der Waals surface area contributed by atoms with E-state index < -0.39 is 23.7 Å². The van der Waals surface area contributed by atoms with E-state index in [0.29, 0.717) is 39.0 Å². The topological polar surface area (TPSA) is 101 Å². The van der Waals surface area contributed by atoms with Gasteiger partial charge in [-0.15, -0.1) is 0 Å². The van der Waals surface area contributed by atoms with Gasteiger partial charge in [0, 0.05) is 47.2 Å². The average molecular weight is 460 g/mol. The first-order valence-corrected chi connectivity index (χ1v) is 10.6. The Labute approximate surface area is 193 Å². The fourth-order valence-electron chi connectivity index (χ4n) is 4.19. The quantitative estimate of drug-likeness (QED) is 0.189. The minimum Gasteiger partial charge on any atom is -0.454 e. The highest BCUT2D eigenvalue weighted by molar-refractivity contribution is 6.08. The molecule has 0 saturated carbocycles. The Hall–Kier alpha value is -4.33. The maximum absolute atomic E-state index is 12.1. The molecule has 0 fully saturated rings. The Morgan fingerprint density at radius 1 is 0.882 bits per heavy atom. The molecule has 1 atom stereocenters. The summed E-state index contributed by atoms with van der Waals surface area (Å²) < 4.78 is 27.7. The van der Waals surface area contributed by atoms with Crippen LogP contribution in [-0.4, -0.2) is 18.7 Å². The van der Waals surface area contributed by atoms with Crippen molar-refractivity contribution in [1.82, 2.24) is 0 Å². The van der Waals surface area contributed by atoms with E-state index in [1.807, 2.05) is 6.92 Å². The molecule has 2 heterocycles. The zero-order valence-corrected chi connectivity index (χ0v) is 18.7. The lowest BCUT2D eigenvalue weighted by Crippen LogP contribution is -2.13. The summed E-state index contributed by atoms with van der Waals surface area (Å²) in [4.78, 5) is 36.2. The first-order valence-electron chi connectivity index (χ1n) is 10.6. The predicted molar refractivity (Wildman–Crippen MR) is 122 cm³/mol. The van der Waals surface area contributed by atoms with E-state index in [4.69, 9.17) is 23.4 Å². The summed E-state index contributed by atoms with van der Waals surface area (Å²) in [6, 6.07) is 13.7. The Morgan fingerprint density at radius 2 is 1.62 bits per heavy atom. The van der Waals surface area contributed by atoms with Gasteiger partial charge >= 0.3 is 17.6 Å². The van der Waals surface area contributed by atoms with Crippen molar-refractivity contribution in [2.24, 2.45) is 0 Å².